The Morgan fingerprint density at radius 3 is 2.63 bits per heavy atom. The molecule has 6 nitrogen and oxygen atoms in total. The van der Waals surface area contributed by atoms with Crippen LogP contribution in [0, 0.1) is 6.92 Å². The summed E-state index contributed by atoms with van der Waals surface area (Å²) in [4.78, 5) is 17.2. The molecule has 7 heteroatoms. The Bertz CT molecular complexity index is 1050. The molecule has 30 heavy (non-hydrogen) atoms. The van der Waals surface area contributed by atoms with Crippen molar-refractivity contribution in [1.82, 2.24) is 9.55 Å². The van der Waals surface area contributed by atoms with Gasteiger partial charge in [0.25, 0.3) is 0 Å². The first-order valence-corrected chi connectivity index (χ1v) is 10.9. The first-order valence-electron chi connectivity index (χ1n) is 10.0. The highest BCUT2D eigenvalue weighted by Gasteiger charge is 2.20. The maximum Gasteiger partial charge on any atom is 0.237 e. The van der Waals surface area contributed by atoms with E-state index >= 15 is 0 Å². The number of hydrogen-bond acceptors (Lipinski definition) is 5. The Morgan fingerprint density at radius 2 is 1.90 bits per heavy atom. The van der Waals surface area contributed by atoms with Crippen LogP contribution in [0.2, 0.25) is 0 Å². The molecular weight excluding hydrogens is 398 g/mol. The van der Waals surface area contributed by atoms with Gasteiger partial charge in [0.2, 0.25) is 5.91 Å². The molecule has 1 aliphatic heterocycles. The van der Waals surface area contributed by atoms with Gasteiger partial charge < -0.3 is 19.4 Å². The molecule has 156 valence electrons. The third kappa shape index (κ3) is 4.31. The molecule has 0 aliphatic carbocycles. The van der Waals surface area contributed by atoms with E-state index in [2.05, 4.69) is 21.8 Å². The van der Waals surface area contributed by atoms with E-state index in [0.717, 1.165) is 45.7 Å². The predicted molar refractivity (Wildman–Crippen MR) is 119 cm³/mol. The Hall–Kier alpha value is -2.93. The van der Waals surface area contributed by atoms with Crippen LogP contribution in [-0.4, -0.2) is 33.9 Å². The van der Waals surface area contributed by atoms with E-state index in [1.165, 1.54) is 11.8 Å². The predicted octanol–water partition coefficient (Wildman–Crippen LogP) is 4.77. The average molecular weight is 424 g/mol. The molecule has 0 fully saturated rings. The molecule has 1 aliphatic rings. The molecule has 3 aromatic rings. The van der Waals surface area contributed by atoms with Crippen LogP contribution >= 0.6 is 11.8 Å². The average Bonchev–Trinajstić information content (AvgIpc) is 3.17. The molecule has 1 unspecified atom stereocenters. The van der Waals surface area contributed by atoms with Crippen molar-refractivity contribution < 1.29 is 14.3 Å². The molecule has 0 saturated carbocycles. The van der Waals surface area contributed by atoms with Crippen molar-refractivity contribution in [1.29, 1.82) is 0 Å². The molecule has 2 aromatic carbocycles. The van der Waals surface area contributed by atoms with Gasteiger partial charge in [0.15, 0.2) is 16.7 Å². The quantitative estimate of drug-likeness (QED) is 0.579. The molecule has 0 spiro atoms. The second-order valence-electron chi connectivity index (χ2n) is 7.14. The first-order chi connectivity index (χ1) is 14.5. The fourth-order valence-electron chi connectivity index (χ4n) is 3.28. The molecule has 0 saturated heterocycles. The minimum absolute atomic E-state index is 0.0459. The Morgan fingerprint density at radius 1 is 1.17 bits per heavy atom. The van der Waals surface area contributed by atoms with Crippen molar-refractivity contribution in [2.45, 2.75) is 37.7 Å². The highest BCUT2D eigenvalue weighted by molar-refractivity contribution is 8.00. The highest BCUT2D eigenvalue weighted by Crippen LogP contribution is 2.36. The van der Waals surface area contributed by atoms with Crippen LogP contribution in [0.15, 0.2) is 53.8 Å². The number of thioether (sulfide) groups is 1. The van der Waals surface area contributed by atoms with Gasteiger partial charge in [0.05, 0.1) is 17.1 Å². The van der Waals surface area contributed by atoms with Gasteiger partial charge in [-0.3, -0.25) is 4.79 Å². The van der Waals surface area contributed by atoms with Gasteiger partial charge in [0.1, 0.15) is 13.2 Å². The molecule has 1 amide bonds. The third-order valence-corrected chi connectivity index (χ3v) is 6.05. The number of anilines is 1. The number of fused-ring (bicyclic) bond motifs is 1. The fourth-order valence-corrected chi connectivity index (χ4v) is 4.23. The zero-order valence-electron chi connectivity index (χ0n) is 17.3. The molecule has 0 radical (unpaired) electrons. The van der Waals surface area contributed by atoms with Gasteiger partial charge in [-0.05, 0) is 51.1 Å². The summed E-state index contributed by atoms with van der Waals surface area (Å²) in [7, 11) is 0. The number of hydrogen-bond donors (Lipinski definition) is 1. The number of carbonyl (C=O) groups excluding carboxylic acids is 1. The van der Waals surface area contributed by atoms with Crippen LogP contribution in [0.5, 0.6) is 11.5 Å². The monoisotopic (exact) mass is 423 g/mol. The number of amides is 1. The Balaban J connectivity index is 1.50. The lowest BCUT2D eigenvalue weighted by atomic mass is 10.1. The molecule has 1 atom stereocenters. The normalized spacial score (nSPS) is 13.7. The second kappa shape index (κ2) is 8.83. The van der Waals surface area contributed by atoms with E-state index in [1.807, 2.05) is 62.5 Å². The molecule has 0 bridgehead atoms. The number of aryl methyl sites for hydroxylation is 1. The summed E-state index contributed by atoms with van der Waals surface area (Å²) < 4.78 is 13.4. The van der Waals surface area contributed by atoms with E-state index in [9.17, 15) is 4.79 Å². The summed E-state index contributed by atoms with van der Waals surface area (Å²) in [6, 6.07) is 13.7. The van der Waals surface area contributed by atoms with Crippen molar-refractivity contribution >= 4 is 23.4 Å². The van der Waals surface area contributed by atoms with E-state index in [1.54, 1.807) is 0 Å². The number of benzene rings is 2. The summed E-state index contributed by atoms with van der Waals surface area (Å²) in [6.45, 7) is 7.87. The smallest absolute Gasteiger partial charge is 0.237 e. The van der Waals surface area contributed by atoms with E-state index in [4.69, 9.17) is 9.47 Å². The lowest BCUT2D eigenvalue weighted by Gasteiger charge is -2.19. The largest absolute Gasteiger partial charge is 0.486 e. The number of nitrogens with zero attached hydrogens (tertiary/aromatic N) is 2. The van der Waals surface area contributed by atoms with Crippen LogP contribution in [0.1, 0.15) is 19.4 Å². The third-order valence-electron chi connectivity index (χ3n) is 4.94. The van der Waals surface area contributed by atoms with Crippen LogP contribution in [0.25, 0.3) is 11.3 Å². The summed E-state index contributed by atoms with van der Waals surface area (Å²) in [5.41, 5.74) is 3.96. The van der Waals surface area contributed by atoms with Gasteiger partial charge in [0, 0.05) is 17.8 Å². The van der Waals surface area contributed by atoms with E-state index in [-0.39, 0.29) is 11.2 Å². The van der Waals surface area contributed by atoms with Crippen molar-refractivity contribution in [3.05, 3.63) is 54.2 Å². The van der Waals surface area contributed by atoms with Gasteiger partial charge >= 0.3 is 0 Å². The molecular formula is C23H25N3O3S. The summed E-state index contributed by atoms with van der Waals surface area (Å²) >= 11 is 1.45. The van der Waals surface area contributed by atoms with E-state index in [0.29, 0.717) is 13.2 Å². The topological polar surface area (TPSA) is 65.4 Å². The van der Waals surface area contributed by atoms with Crippen molar-refractivity contribution in [3.8, 4) is 22.8 Å². The van der Waals surface area contributed by atoms with Gasteiger partial charge in [-0.2, -0.15) is 0 Å². The maximum absolute atomic E-state index is 12.6. The zero-order chi connectivity index (χ0) is 21.1. The number of aromatic nitrogens is 2. The molecule has 1 aromatic heterocycles. The Kier molecular flexibility index (Phi) is 5.99. The molecule has 4 rings (SSSR count). The van der Waals surface area contributed by atoms with Gasteiger partial charge in [-0.15, -0.1) is 0 Å². The lowest BCUT2D eigenvalue weighted by Crippen LogP contribution is -2.22. The first kappa shape index (κ1) is 20.3. The van der Waals surface area contributed by atoms with Gasteiger partial charge in [-0.1, -0.05) is 29.5 Å². The summed E-state index contributed by atoms with van der Waals surface area (Å²) in [6.07, 6.45) is 1.85. The lowest BCUT2D eigenvalue weighted by molar-refractivity contribution is -0.115. The van der Waals surface area contributed by atoms with Crippen LogP contribution in [0.4, 0.5) is 5.69 Å². The standard InChI is InChI=1S/C23H25N3O3S/c1-4-26-19(17-7-10-20-21(13-17)29-12-11-28-20)14-24-23(26)30-16(3)22(27)25-18-8-5-15(2)6-9-18/h5-10,13-14,16H,4,11-12H2,1-3H3,(H,25,27). The fraction of sp³-hybridized carbons (Fsp3) is 0.304. The van der Waals surface area contributed by atoms with Crippen LogP contribution < -0.4 is 14.8 Å². The number of ether oxygens (including phenoxy) is 2. The maximum atomic E-state index is 12.6. The minimum atomic E-state index is -0.285. The number of imidazole rings is 1. The van der Waals surface area contributed by atoms with Crippen molar-refractivity contribution in [2.24, 2.45) is 0 Å². The summed E-state index contributed by atoms with van der Waals surface area (Å²) in [5, 5.41) is 3.50. The molecule has 1 N–H and O–H groups in total. The SMILES string of the molecule is CCn1c(-c2ccc3c(c2)OCCO3)cnc1SC(C)C(=O)Nc1ccc(C)cc1. The number of carbonyl (C=O) groups is 1. The number of rotatable bonds is 6. The summed E-state index contributed by atoms with van der Waals surface area (Å²) in [5.74, 6) is 1.47. The highest BCUT2D eigenvalue weighted by atomic mass is 32.2. The van der Waals surface area contributed by atoms with Crippen molar-refractivity contribution in [3.63, 3.8) is 0 Å². The second-order valence-corrected chi connectivity index (χ2v) is 8.45. The zero-order valence-corrected chi connectivity index (χ0v) is 18.2. The molecule has 2 heterocycles. The van der Waals surface area contributed by atoms with Crippen LogP contribution in [0.3, 0.4) is 0 Å². The number of nitrogens with one attached hydrogen (secondary N) is 1. The van der Waals surface area contributed by atoms with Crippen molar-refractivity contribution in [2.75, 3.05) is 18.5 Å². The van der Waals surface area contributed by atoms with Crippen LogP contribution in [-0.2, 0) is 11.3 Å². The van der Waals surface area contributed by atoms with E-state index < -0.39 is 0 Å². The minimum Gasteiger partial charge on any atom is -0.486 e. The van der Waals surface area contributed by atoms with Gasteiger partial charge in [-0.25, -0.2) is 4.98 Å². The Labute approximate surface area is 180 Å².